The summed E-state index contributed by atoms with van der Waals surface area (Å²) in [5.74, 6) is -0.0588. The minimum atomic E-state index is -3.51. The van der Waals surface area contributed by atoms with Crippen LogP contribution in [0.5, 0.6) is 5.75 Å². The second-order valence-corrected chi connectivity index (χ2v) is 9.81. The van der Waals surface area contributed by atoms with Crippen molar-refractivity contribution in [2.24, 2.45) is 0 Å². The Kier molecular flexibility index (Phi) is 7.63. The van der Waals surface area contributed by atoms with Gasteiger partial charge in [-0.05, 0) is 55.7 Å². The van der Waals surface area contributed by atoms with Crippen molar-refractivity contribution in [3.05, 3.63) is 52.0 Å². The van der Waals surface area contributed by atoms with Crippen molar-refractivity contribution in [3.63, 3.8) is 0 Å². The van der Waals surface area contributed by atoms with Crippen molar-refractivity contribution in [2.45, 2.75) is 37.5 Å². The lowest BCUT2D eigenvalue weighted by atomic mass is 10.2. The third kappa shape index (κ3) is 5.27. The Morgan fingerprint density at radius 3 is 2.23 bits per heavy atom. The normalized spacial score (nSPS) is 15.0. The van der Waals surface area contributed by atoms with Gasteiger partial charge in [-0.15, -0.1) is 0 Å². The maximum atomic E-state index is 12.7. The first-order chi connectivity index (χ1) is 14.3. The molecule has 0 saturated carbocycles. The molecule has 1 heterocycles. The molecule has 2 aromatic carbocycles. The minimum Gasteiger partial charge on any atom is -0.490 e. The summed E-state index contributed by atoms with van der Waals surface area (Å²) in [5, 5.41) is 3.24. The fraction of sp³-hybridized carbons (Fsp3) is 0.381. The zero-order chi connectivity index (χ0) is 21.7. The molecule has 0 bridgehead atoms. The van der Waals surface area contributed by atoms with E-state index in [2.05, 4.69) is 5.32 Å². The molecule has 9 heteroatoms. The van der Waals surface area contributed by atoms with Crippen LogP contribution in [-0.2, 0) is 10.0 Å². The minimum absolute atomic E-state index is 0.214. The van der Waals surface area contributed by atoms with E-state index in [4.69, 9.17) is 27.9 Å². The Morgan fingerprint density at radius 2 is 1.67 bits per heavy atom. The molecule has 3 rings (SSSR count). The van der Waals surface area contributed by atoms with E-state index >= 15 is 0 Å². The fourth-order valence-corrected chi connectivity index (χ4v) is 5.31. The number of benzene rings is 2. The molecule has 1 aliphatic heterocycles. The van der Waals surface area contributed by atoms with E-state index in [9.17, 15) is 13.2 Å². The first-order valence-corrected chi connectivity index (χ1v) is 12.1. The highest BCUT2D eigenvalue weighted by molar-refractivity contribution is 7.89. The van der Waals surface area contributed by atoms with Crippen LogP contribution in [-0.4, -0.2) is 38.3 Å². The molecule has 0 aliphatic carbocycles. The van der Waals surface area contributed by atoms with Crippen molar-refractivity contribution in [1.29, 1.82) is 0 Å². The lowest BCUT2D eigenvalue weighted by molar-refractivity contribution is 0.102. The molecule has 6 nitrogen and oxygen atoms in total. The number of ether oxygens (including phenoxy) is 1. The average Bonchev–Trinajstić information content (AvgIpc) is 2.74. The Labute approximate surface area is 187 Å². The molecular formula is C21H24Cl2N2O4S. The summed E-state index contributed by atoms with van der Waals surface area (Å²) in [6.45, 7) is 3.52. The standard InChI is InChI=1S/C21H24Cl2N2O4S/c1-2-12-29-20-18(22)13-15(14-19(20)23)21(26)24-16-6-8-17(9-7-16)30(27,28)25-10-4-3-5-11-25/h6-9,13-14H,2-5,10-12H2,1H3,(H,24,26). The summed E-state index contributed by atoms with van der Waals surface area (Å²) in [7, 11) is -3.51. The molecule has 0 radical (unpaired) electrons. The number of anilines is 1. The number of sulfonamides is 1. The lowest BCUT2D eigenvalue weighted by Crippen LogP contribution is -2.35. The van der Waals surface area contributed by atoms with Crippen LogP contribution in [0, 0.1) is 0 Å². The Morgan fingerprint density at radius 1 is 1.07 bits per heavy atom. The van der Waals surface area contributed by atoms with Crippen molar-refractivity contribution >= 4 is 44.8 Å². The molecule has 1 N–H and O–H groups in total. The van der Waals surface area contributed by atoms with Gasteiger partial charge in [0.15, 0.2) is 5.75 Å². The van der Waals surface area contributed by atoms with Crippen LogP contribution in [0.3, 0.4) is 0 Å². The largest absolute Gasteiger partial charge is 0.490 e. The number of hydrogen-bond acceptors (Lipinski definition) is 4. The smallest absolute Gasteiger partial charge is 0.255 e. The van der Waals surface area contributed by atoms with Gasteiger partial charge in [-0.1, -0.05) is 36.5 Å². The van der Waals surface area contributed by atoms with Gasteiger partial charge >= 0.3 is 0 Å². The molecule has 0 atom stereocenters. The Bertz CT molecular complexity index is 981. The first kappa shape index (κ1) is 22.9. The number of halogens is 2. The quantitative estimate of drug-likeness (QED) is 0.602. The number of amides is 1. The molecule has 0 spiro atoms. The van der Waals surface area contributed by atoms with Crippen LogP contribution in [0.2, 0.25) is 10.0 Å². The molecule has 1 fully saturated rings. The molecule has 30 heavy (non-hydrogen) atoms. The highest BCUT2D eigenvalue weighted by Gasteiger charge is 2.25. The number of nitrogens with zero attached hydrogens (tertiary/aromatic N) is 1. The van der Waals surface area contributed by atoms with Gasteiger partial charge in [0.1, 0.15) is 0 Å². The highest BCUT2D eigenvalue weighted by Crippen LogP contribution is 2.34. The summed E-state index contributed by atoms with van der Waals surface area (Å²) in [4.78, 5) is 12.8. The summed E-state index contributed by atoms with van der Waals surface area (Å²) < 4.78 is 32.5. The van der Waals surface area contributed by atoms with E-state index in [1.807, 2.05) is 6.92 Å². The molecular weight excluding hydrogens is 447 g/mol. The number of carbonyl (C=O) groups excluding carboxylic acids is 1. The van der Waals surface area contributed by atoms with E-state index in [0.29, 0.717) is 31.1 Å². The number of nitrogens with one attached hydrogen (secondary N) is 1. The maximum Gasteiger partial charge on any atom is 0.255 e. The van der Waals surface area contributed by atoms with E-state index in [-0.39, 0.29) is 20.5 Å². The lowest BCUT2D eigenvalue weighted by Gasteiger charge is -2.25. The third-order valence-electron chi connectivity index (χ3n) is 4.78. The summed E-state index contributed by atoms with van der Waals surface area (Å²) in [6, 6.07) is 9.11. The van der Waals surface area contributed by atoms with E-state index in [0.717, 1.165) is 25.7 Å². The fourth-order valence-electron chi connectivity index (χ4n) is 3.20. The molecule has 1 saturated heterocycles. The van der Waals surface area contributed by atoms with Gasteiger partial charge in [0.2, 0.25) is 10.0 Å². The molecule has 0 aromatic heterocycles. The molecule has 1 amide bonds. The second kappa shape index (κ2) is 10.0. The van der Waals surface area contributed by atoms with Crippen molar-refractivity contribution in [1.82, 2.24) is 4.31 Å². The van der Waals surface area contributed by atoms with Crippen LogP contribution < -0.4 is 10.1 Å². The van der Waals surface area contributed by atoms with Gasteiger partial charge in [0, 0.05) is 24.3 Å². The predicted octanol–water partition coefficient (Wildman–Crippen LogP) is 5.21. The van der Waals surface area contributed by atoms with E-state index < -0.39 is 15.9 Å². The average molecular weight is 471 g/mol. The maximum absolute atomic E-state index is 12.7. The van der Waals surface area contributed by atoms with E-state index in [1.165, 1.54) is 28.6 Å². The Hall–Kier alpha value is -1.80. The monoisotopic (exact) mass is 470 g/mol. The van der Waals surface area contributed by atoms with Gasteiger partial charge < -0.3 is 10.1 Å². The van der Waals surface area contributed by atoms with Crippen LogP contribution >= 0.6 is 23.2 Å². The SMILES string of the molecule is CCCOc1c(Cl)cc(C(=O)Nc2ccc(S(=O)(=O)N3CCCCC3)cc2)cc1Cl. The summed E-state index contributed by atoms with van der Waals surface area (Å²) >= 11 is 12.4. The Balaban J connectivity index is 1.71. The van der Waals surface area contributed by atoms with Crippen molar-refractivity contribution in [3.8, 4) is 5.75 Å². The molecule has 2 aromatic rings. The predicted molar refractivity (Wildman–Crippen MR) is 119 cm³/mol. The third-order valence-corrected chi connectivity index (χ3v) is 7.25. The topological polar surface area (TPSA) is 75.7 Å². The number of hydrogen-bond donors (Lipinski definition) is 1. The van der Waals surface area contributed by atoms with Gasteiger partial charge in [-0.2, -0.15) is 4.31 Å². The number of rotatable bonds is 7. The number of carbonyl (C=O) groups is 1. The zero-order valence-electron chi connectivity index (χ0n) is 16.7. The summed E-state index contributed by atoms with van der Waals surface area (Å²) in [6.07, 6.45) is 3.61. The highest BCUT2D eigenvalue weighted by atomic mass is 35.5. The zero-order valence-corrected chi connectivity index (χ0v) is 19.0. The molecule has 162 valence electrons. The molecule has 1 aliphatic rings. The van der Waals surface area contributed by atoms with Gasteiger partial charge in [-0.25, -0.2) is 8.42 Å². The second-order valence-electron chi connectivity index (χ2n) is 7.06. The first-order valence-electron chi connectivity index (χ1n) is 9.86. The van der Waals surface area contributed by atoms with Crippen LogP contribution in [0.1, 0.15) is 43.0 Å². The van der Waals surface area contributed by atoms with Crippen molar-refractivity contribution in [2.75, 3.05) is 25.0 Å². The van der Waals surface area contributed by atoms with Crippen molar-refractivity contribution < 1.29 is 17.9 Å². The van der Waals surface area contributed by atoms with Crippen LogP contribution in [0.25, 0.3) is 0 Å². The van der Waals surface area contributed by atoms with E-state index in [1.54, 1.807) is 12.1 Å². The van der Waals surface area contributed by atoms with Crippen LogP contribution in [0.4, 0.5) is 5.69 Å². The summed E-state index contributed by atoms with van der Waals surface area (Å²) in [5.41, 5.74) is 0.745. The van der Waals surface area contributed by atoms with Gasteiger partial charge in [-0.3, -0.25) is 4.79 Å². The molecule has 0 unspecified atom stereocenters. The van der Waals surface area contributed by atoms with Crippen LogP contribution in [0.15, 0.2) is 41.3 Å². The van der Waals surface area contributed by atoms with Gasteiger partial charge in [0.05, 0.1) is 21.5 Å². The number of piperidine rings is 1. The van der Waals surface area contributed by atoms with Gasteiger partial charge in [0.25, 0.3) is 5.91 Å².